The van der Waals surface area contributed by atoms with Gasteiger partial charge >= 0.3 is 5.97 Å². The van der Waals surface area contributed by atoms with Gasteiger partial charge in [-0.3, -0.25) is 14.2 Å². The van der Waals surface area contributed by atoms with E-state index in [1.807, 2.05) is 13.0 Å². The van der Waals surface area contributed by atoms with E-state index in [4.69, 9.17) is 28.3 Å². The summed E-state index contributed by atoms with van der Waals surface area (Å²) in [7, 11) is 0. The number of carboxylic acid groups (broad SMARTS) is 1. The third-order valence-electron chi connectivity index (χ3n) is 4.17. The van der Waals surface area contributed by atoms with Crippen LogP contribution in [0, 0.1) is 6.92 Å². The van der Waals surface area contributed by atoms with Crippen molar-refractivity contribution in [2.75, 3.05) is 5.32 Å². The van der Waals surface area contributed by atoms with Gasteiger partial charge in [0.15, 0.2) is 11.5 Å². The van der Waals surface area contributed by atoms with Gasteiger partial charge in [-0.25, -0.2) is 4.79 Å². The van der Waals surface area contributed by atoms with Crippen LogP contribution in [0.2, 0.25) is 10.0 Å². The molecule has 0 saturated heterocycles. The average molecular weight is 422 g/mol. The Bertz CT molecular complexity index is 1040. The predicted molar refractivity (Wildman–Crippen MR) is 105 cm³/mol. The maximum absolute atomic E-state index is 12.5. The minimum atomic E-state index is -1.15. The summed E-state index contributed by atoms with van der Waals surface area (Å²) >= 11 is 12.1. The molecule has 1 aromatic carbocycles. The van der Waals surface area contributed by atoms with Crippen molar-refractivity contribution in [3.63, 3.8) is 0 Å². The SMILES string of the molecule is Cc1cc(NC(=O)C(C)n2ccc(C(=O)O)n2)nn1Cc1ccc(Cl)cc1Cl. The van der Waals surface area contributed by atoms with Gasteiger partial charge in [0.25, 0.3) is 0 Å². The second-order valence-electron chi connectivity index (χ2n) is 6.22. The van der Waals surface area contributed by atoms with Gasteiger partial charge in [0, 0.05) is 28.0 Å². The summed E-state index contributed by atoms with van der Waals surface area (Å²) in [6, 6.07) is 7.60. The molecule has 3 rings (SSSR count). The highest BCUT2D eigenvalue weighted by molar-refractivity contribution is 6.35. The molecular weight excluding hydrogens is 405 g/mol. The molecule has 8 nitrogen and oxygen atoms in total. The quantitative estimate of drug-likeness (QED) is 0.632. The van der Waals surface area contributed by atoms with Crippen LogP contribution in [0.1, 0.15) is 34.7 Å². The molecule has 146 valence electrons. The first-order valence-corrected chi connectivity index (χ1v) is 9.08. The van der Waals surface area contributed by atoms with Crippen molar-refractivity contribution in [3.8, 4) is 0 Å². The van der Waals surface area contributed by atoms with Crippen LogP contribution < -0.4 is 5.32 Å². The smallest absolute Gasteiger partial charge is 0.356 e. The molecule has 0 aliphatic rings. The van der Waals surface area contributed by atoms with Crippen LogP contribution in [0.15, 0.2) is 36.5 Å². The maximum Gasteiger partial charge on any atom is 0.356 e. The van der Waals surface area contributed by atoms with E-state index in [0.717, 1.165) is 11.3 Å². The number of carbonyl (C=O) groups excluding carboxylic acids is 1. The lowest BCUT2D eigenvalue weighted by atomic mass is 10.2. The number of aromatic carboxylic acids is 1. The summed E-state index contributed by atoms with van der Waals surface area (Å²) in [5.74, 6) is -1.14. The van der Waals surface area contributed by atoms with E-state index >= 15 is 0 Å². The van der Waals surface area contributed by atoms with E-state index in [1.165, 1.54) is 16.9 Å². The molecule has 1 amide bonds. The van der Waals surface area contributed by atoms with Gasteiger partial charge in [-0.1, -0.05) is 29.3 Å². The monoisotopic (exact) mass is 421 g/mol. The molecule has 28 heavy (non-hydrogen) atoms. The number of hydrogen-bond donors (Lipinski definition) is 2. The highest BCUT2D eigenvalue weighted by Crippen LogP contribution is 2.23. The first kappa shape index (κ1) is 19.9. The first-order valence-electron chi connectivity index (χ1n) is 8.32. The predicted octanol–water partition coefficient (Wildman–Crippen LogP) is 3.64. The van der Waals surface area contributed by atoms with Crippen LogP contribution >= 0.6 is 23.2 Å². The van der Waals surface area contributed by atoms with Gasteiger partial charge in [-0.15, -0.1) is 0 Å². The third-order valence-corrected chi connectivity index (χ3v) is 4.76. The number of hydrogen-bond acceptors (Lipinski definition) is 4. The fraction of sp³-hybridized carbons (Fsp3) is 0.222. The number of carboxylic acids is 1. The lowest BCUT2D eigenvalue weighted by Crippen LogP contribution is -2.24. The van der Waals surface area contributed by atoms with Crippen molar-refractivity contribution >= 4 is 40.9 Å². The van der Waals surface area contributed by atoms with Gasteiger partial charge in [-0.2, -0.15) is 10.2 Å². The average Bonchev–Trinajstić information content (AvgIpc) is 3.24. The van der Waals surface area contributed by atoms with Gasteiger partial charge in [0.1, 0.15) is 6.04 Å². The van der Waals surface area contributed by atoms with Crippen LogP contribution in [0.5, 0.6) is 0 Å². The second kappa shape index (κ2) is 8.04. The molecule has 1 atom stereocenters. The zero-order valence-corrected chi connectivity index (χ0v) is 16.6. The molecule has 0 radical (unpaired) electrons. The summed E-state index contributed by atoms with van der Waals surface area (Å²) in [6.07, 6.45) is 1.44. The number of halogens is 2. The van der Waals surface area contributed by atoms with Crippen LogP contribution in [0.25, 0.3) is 0 Å². The van der Waals surface area contributed by atoms with E-state index in [9.17, 15) is 9.59 Å². The number of benzene rings is 1. The summed E-state index contributed by atoms with van der Waals surface area (Å²) in [6.45, 7) is 3.90. The molecule has 10 heteroatoms. The standard InChI is InChI=1S/C18H17Cl2N5O3/c1-10-7-16(23-25(10)9-12-3-4-13(19)8-14(12)20)21-17(26)11(2)24-6-5-15(22-24)18(27)28/h3-8,11H,9H2,1-2H3,(H,27,28)(H,21,23,26). The highest BCUT2D eigenvalue weighted by Gasteiger charge is 2.19. The second-order valence-corrected chi connectivity index (χ2v) is 7.06. The Morgan fingerprint density at radius 2 is 1.96 bits per heavy atom. The van der Waals surface area contributed by atoms with Crippen molar-refractivity contribution in [2.45, 2.75) is 26.4 Å². The van der Waals surface area contributed by atoms with E-state index in [2.05, 4.69) is 15.5 Å². The van der Waals surface area contributed by atoms with Gasteiger partial charge in [-0.05, 0) is 37.6 Å². The molecule has 2 aromatic heterocycles. The first-order chi connectivity index (χ1) is 13.2. The molecule has 0 bridgehead atoms. The normalized spacial score (nSPS) is 12.0. The van der Waals surface area contributed by atoms with E-state index < -0.39 is 12.0 Å². The summed E-state index contributed by atoms with van der Waals surface area (Å²) in [4.78, 5) is 23.4. The molecule has 0 fully saturated rings. The topological polar surface area (TPSA) is 102 Å². The Morgan fingerprint density at radius 3 is 2.61 bits per heavy atom. The van der Waals surface area contributed by atoms with Crippen molar-refractivity contribution in [2.24, 2.45) is 0 Å². The van der Waals surface area contributed by atoms with Crippen molar-refractivity contribution in [1.82, 2.24) is 19.6 Å². The number of amides is 1. The van der Waals surface area contributed by atoms with Gasteiger partial charge in [0.2, 0.25) is 5.91 Å². The van der Waals surface area contributed by atoms with E-state index in [1.54, 1.807) is 29.8 Å². The minimum absolute atomic E-state index is 0.125. The number of nitrogens with zero attached hydrogens (tertiary/aromatic N) is 4. The molecule has 0 saturated carbocycles. The van der Waals surface area contributed by atoms with Gasteiger partial charge < -0.3 is 10.4 Å². The van der Waals surface area contributed by atoms with Gasteiger partial charge in [0.05, 0.1) is 6.54 Å². The van der Waals surface area contributed by atoms with Crippen LogP contribution in [0.4, 0.5) is 5.82 Å². The third kappa shape index (κ3) is 4.35. The number of nitrogens with one attached hydrogen (secondary N) is 1. The summed E-state index contributed by atoms with van der Waals surface area (Å²) in [5, 5.41) is 21.0. The molecule has 2 heterocycles. The molecule has 3 aromatic rings. The Morgan fingerprint density at radius 1 is 1.21 bits per heavy atom. The Kier molecular flexibility index (Phi) is 5.71. The van der Waals surface area contributed by atoms with E-state index in [0.29, 0.717) is 22.4 Å². The molecular formula is C18H17Cl2N5O3. The summed E-state index contributed by atoms with van der Waals surface area (Å²) < 4.78 is 3.00. The number of aryl methyl sites for hydroxylation is 1. The molecule has 0 aliphatic carbocycles. The molecule has 1 unspecified atom stereocenters. The minimum Gasteiger partial charge on any atom is -0.476 e. The van der Waals surface area contributed by atoms with Crippen molar-refractivity contribution in [1.29, 1.82) is 0 Å². The Balaban J connectivity index is 1.71. The Labute approximate surface area is 170 Å². The zero-order valence-electron chi connectivity index (χ0n) is 15.1. The lowest BCUT2D eigenvalue weighted by molar-refractivity contribution is -0.119. The molecule has 2 N–H and O–H groups in total. The van der Waals surface area contributed by atoms with Crippen molar-refractivity contribution in [3.05, 3.63) is 63.5 Å². The van der Waals surface area contributed by atoms with Crippen LogP contribution in [-0.2, 0) is 11.3 Å². The number of rotatable bonds is 6. The number of anilines is 1. The summed E-state index contributed by atoms with van der Waals surface area (Å²) in [5.41, 5.74) is 1.56. The fourth-order valence-electron chi connectivity index (χ4n) is 2.56. The maximum atomic E-state index is 12.5. The van der Waals surface area contributed by atoms with Crippen molar-refractivity contribution < 1.29 is 14.7 Å². The van der Waals surface area contributed by atoms with Crippen LogP contribution in [0.3, 0.4) is 0 Å². The zero-order chi connectivity index (χ0) is 20.4. The lowest BCUT2D eigenvalue weighted by Gasteiger charge is -2.11. The largest absolute Gasteiger partial charge is 0.476 e. The highest BCUT2D eigenvalue weighted by atomic mass is 35.5. The fourth-order valence-corrected chi connectivity index (χ4v) is 3.03. The molecule has 0 aliphatic heterocycles. The number of carbonyl (C=O) groups is 2. The van der Waals surface area contributed by atoms with Crippen LogP contribution in [-0.4, -0.2) is 36.5 Å². The number of aromatic nitrogens is 4. The Hall–Kier alpha value is -2.84. The molecule has 0 spiro atoms. The van der Waals surface area contributed by atoms with E-state index in [-0.39, 0.29) is 11.6 Å².